The first-order valence-electron chi connectivity index (χ1n) is 13.6. The topological polar surface area (TPSA) is 63.2 Å². The molecule has 0 amide bonds. The fraction of sp³-hybridized carbons (Fsp3) is 0.406. The summed E-state index contributed by atoms with van der Waals surface area (Å²) in [5, 5.41) is 0. The molecule has 0 spiro atoms. The van der Waals surface area contributed by atoms with Gasteiger partial charge in [-0.25, -0.2) is 4.39 Å². The van der Waals surface area contributed by atoms with Gasteiger partial charge in [0.05, 0.1) is 33.4 Å². The smallest absolute Gasteiger partial charge is 0.306 e. The Morgan fingerprint density at radius 2 is 1.82 bits per heavy atom. The minimum absolute atomic E-state index is 0.0384. The van der Waals surface area contributed by atoms with Crippen LogP contribution >= 0.6 is 0 Å². The van der Waals surface area contributed by atoms with Gasteiger partial charge in [0, 0.05) is 29.5 Å². The molecule has 0 bridgehead atoms. The van der Waals surface area contributed by atoms with E-state index in [0.29, 0.717) is 36.7 Å². The summed E-state index contributed by atoms with van der Waals surface area (Å²) in [4.78, 5) is 11.7. The van der Waals surface area contributed by atoms with Gasteiger partial charge in [0.25, 0.3) is 0 Å². The van der Waals surface area contributed by atoms with Gasteiger partial charge in [-0.15, -0.1) is 0 Å². The zero-order chi connectivity index (χ0) is 27.1. The monoisotopic (exact) mass is 532 g/mol. The molecule has 2 aliphatic heterocycles. The maximum absolute atomic E-state index is 15.3. The Kier molecular flexibility index (Phi) is 6.94. The molecule has 204 valence electrons. The first kappa shape index (κ1) is 25.7. The van der Waals surface area contributed by atoms with Gasteiger partial charge in [0.2, 0.25) is 0 Å². The zero-order valence-electron chi connectivity index (χ0n) is 22.6. The van der Waals surface area contributed by atoms with Crippen LogP contribution in [0.3, 0.4) is 0 Å². The normalized spacial score (nSPS) is 21.3. The molecule has 0 N–H and O–H groups in total. The van der Waals surface area contributed by atoms with Crippen molar-refractivity contribution >= 4 is 5.97 Å². The predicted octanol–water partition coefficient (Wildman–Crippen LogP) is 6.38. The molecule has 3 aromatic carbocycles. The summed E-state index contributed by atoms with van der Waals surface area (Å²) in [5.74, 6) is 1.62. The highest BCUT2D eigenvalue weighted by Crippen LogP contribution is 2.45. The summed E-state index contributed by atoms with van der Waals surface area (Å²) in [6.07, 6.45) is 2.28. The van der Waals surface area contributed by atoms with Crippen molar-refractivity contribution in [2.45, 2.75) is 57.7 Å². The molecule has 39 heavy (non-hydrogen) atoms. The number of halogens is 1. The molecule has 6 nitrogen and oxygen atoms in total. The zero-order valence-corrected chi connectivity index (χ0v) is 22.6. The second-order valence-corrected chi connectivity index (χ2v) is 10.7. The lowest BCUT2D eigenvalue weighted by molar-refractivity contribution is -0.141. The van der Waals surface area contributed by atoms with Gasteiger partial charge in [-0.1, -0.05) is 12.1 Å². The summed E-state index contributed by atoms with van der Waals surface area (Å²) in [7, 11) is 1.39. The number of ether oxygens (including phenoxy) is 5. The van der Waals surface area contributed by atoms with E-state index >= 15 is 4.39 Å². The molecule has 0 unspecified atom stereocenters. The van der Waals surface area contributed by atoms with Crippen LogP contribution in [0.4, 0.5) is 4.39 Å². The van der Waals surface area contributed by atoms with Gasteiger partial charge < -0.3 is 23.7 Å². The van der Waals surface area contributed by atoms with Gasteiger partial charge >= 0.3 is 5.97 Å². The molecule has 1 aliphatic carbocycles. The molecule has 0 saturated carbocycles. The van der Waals surface area contributed by atoms with Crippen molar-refractivity contribution in [2.75, 3.05) is 26.9 Å². The lowest BCUT2D eigenvalue weighted by Gasteiger charge is -2.20. The van der Waals surface area contributed by atoms with E-state index in [2.05, 4.69) is 26.0 Å². The fourth-order valence-corrected chi connectivity index (χ4v) is 6.19. The summed E-state index contributed by atoms with van der Waals surface area (Å²) in [6, 6.07) is 13.2. The number of methoxy groups -OCH3 is 1. The van der Waals surface area contributed by atoms with E-state index in [1.54, 1.807) is 6.07 Å². The van der Waals surface area contributed by atoms with Crippen LogP contribution in [-0.2, 0) is 20.7 Å². The van der Waals surface area contributed by atoms with Gasteiger partial charge in [0.1, 0.15) is 35.3 Å². The number of esters is 1. The highest BCUT2D eigenvalue weighted by molar-refractivity contribution is 5.76. The van der Waals surface area contributed by atoms with Crippen molar-refractivity contribution in [3.05, 3.63) is 76.1 Å². The van der Waals surface area contributed by atoms with Crippen LogP contribution in [0.2, 0.25) is 0 Å². The lowest BCUT2D eigenvalue weighted by atomic mass is 9.90. The van der Waals surface area contributed by atoms with Crippen molar-refractivity contribution in [3.8, 4) is 28.4 Å². The molecule has 3 aliphatic rings. The van der Waals surface area contributed by atoms with E-state index in [0.717, 1.165) is 58.6 Å². The molecular formula is C32H33FO6. The summed E-state index contributed by atoms with van der Waals surface area (Å²) in [5.41, 5.74) is 6.95. The molecule has 2 heterocycles. The van der Waals surface area contributed by atoms with Crippen LogP contribution in [0.1, 0.15) is 59.1 Å². The Balaban J connectivity index is 1.25. The second kappa shape index (κ2) is 10.5. The van der Waals surface area contributed by atoms with Crippen molar-refractivity contribution in [1.29, 1.82) is 0 Å². The number of benzene rings is 3. The third kappa shape index (κ3) is 4.96. The Labute approximate surface area is 228 Å². The first-order chi connectivity index (χ1) is 18.9. The van der Waals surface area contributed by atoms with Crippen LogP contribution in [0.5, 0.6) is 17.2 Å². The van der Waals surface area contributed by atoms with Crippen molar-refractivity contribution in [2.24, 2.45) is 0 Å². The Morgan fingerprint density at radius 1 is 1.00 bits per heavy atom. The minimum atomic E-state index is -0.393. The SMILES string of the molecule is COC(=O)C[C@@H]1COc2cc(O[C@@H]3CCc4c(-c5c(C)cc(O[C@@H]6CCOC6)cc5C)ccc(F)c43)ccc21. The van der Waals surface area contributed by atoms with Crippen molar-refractivity contribution in [1.82, 2.24) is 0 Å². The summed E-state index contributed by atoms with van der Waals surface area (Å²) in [6.45, 7) is 5.94. The Morgan fingerprint density at radius 3 is 2.56 bits per heavy atom. The standard InChI is InChI=1S/C32H33FO6/c1-18-12-23(38-22-10-11-36-17-22)13-19(2)31(18)25-6-8-27(33)32-26(25)7-9-28(32)39-21-4-5-24-20(14-30(34)35-3)16-37-29(24)15-21/h4-6,8,12-13,15,20,22,28H,7,9-11,14,16-17H2,1-3H3/t20-,22-,28-/m1/s1. The molecule has 7 heteroatoms. The number of hydrogen-bond donors (Lipinski definition) is 0. The summed E-state index contributed by atoms with van der Waals surface area (Å²) < 4.78 is 43.9. The van der Waals surface area contributed by atoms with E-state index in [-0.39, 0.29) is 30.2 Å². The number of hydrogen-bond acceptors (Lipinski definition) is 6. The van der Waals surface area contributed by atoms with E-state index in [9.17, 15) is 4.79 Å². The molecule has 1 fully saturated rings. The highest BCUT2D eigenvalue weighted by Gasteiger charge is 2.32. The third-order valence-electron chi connectivity index (χ3n) is 8.03. The van der Waals surface area contributed by atoms with E-state index < -0.39 is 6.10 Å². The molecule has 3 aromatic rings. The maximum Gasteiger partial charge on any atom is 0.306 e. The second-order valence-electron chi connectivity index (χ2n) is 10.7. The lowest BCUT2D eigenvalue weighted by Crippen LogP contribution is -2.15. The van der Waals surface area contributed by atoms with Crippen LogP contribution in [0, 0.1) is 19.7 Å². The van der Waals surface area contributed by atoms with Crippen LogP contribution in [0.15, 0.2) is 42.5 Å². The van der Waals surface area contributed by atoms with Gasteiger partial charge in [-0.2, -0.15) is 0 Å². The van der Waals surface area contributed by atoms with Gasteiger partial charge in [0.15, 0.2) is 0 Å². The fourth-order valence-electron chi connectivity index (χ4n) is 6.19. The van der Waals surface area contributed by atoms with Crippen LogP contribution in [-0.4, -0.2) is 39.0 Å². The van der Waals surface area contributed by atoms with E-state index in [4.69, 9.17) is 23.7 Å². The first-order valence-corrected chi connectivity index (χ1v) is 13.6. The Hall–Kier alpha value is -3.58. The molecule has 3 atom stereocenters. The van der Waals surface area contributed by atoms with Crippen molar-refractivity contribution < 1.29 is 32.9 Å². The Bertz CT molecular complexity index is 1390. The third-order valence-corrected chi connectivity index (χ3v) is 8.03. The average Bonchev–Trinajstić information content (AvgIpc) is 3.66. The van der Waals surface area contributed by atoms with E-state index in [1.165, 1.54) is 7.11 Å². The molecule has 0 aromatic heterocycles. The average molecular weight is 533 g/mol. The maximum atomic E-state index is 15.3. The molecular weight excluding hydrogens is 499 g/mol. The number of carbonyl (C=O) groups is 1. The highest BCUT2D eigenvalue weighted by atomic mass is 19.1. The molecule has 0 radical (unpaired) electrons. The summed E-state index contributed by atoms with van der Waals surface area (Å²) >= 11 is 0. The van der Waals surface area contributed by atoms with Crippen LogP contribution in [0.25, 0.3) is 11.1 Å². The van der Waals surface area contributed by atoms with Gasteiger partial charge in [-0.3, -0.25) is 4.79 Å². The largest absolute Gasteiger partial charge is 0.492 e. The molecule has 6 rings (SSSR count). The quantitative estimate of drug-likeness (QED) is 0.329. The molecule has 1 saturated heterocycles. The predicted molar refractivity (Wildman–Crippen MR) is 144 cm³/mol. The van der Waals surface area contributed by atoms with E-state index in [1.807, 2.05) is 24.3 Å². The van der Waals surface area contributed by atoms with Gasteiger partial charge in [-0.05, 0) is 78.8 Å². The number of aryl methyl sites for hydroxylation is 2. The number of fused-ring (bicyclic) bond motifs is 2. The van der Waals surface area contributed by atoms with Crippen molar-refractivity contribution in [3.63, 3.8) is 0 Å². The number of rotatable bonds is 7. The van der Waals surface area contributed by atoms with Crippen LogP contribution < -0.4 is 14.2 Å². The number of carbonyl (C=O) groups excluding carboxylic acids is 1. The minimum Gasteiger partial charge on any atom is -0.492 e.